The second-order valence-corrected chi connectivity index (χ2v) is 13.3. The lowest BCUT2D eigenvalue weighted by molar-refractivity contribution is -0.107. The van der Waals surface area contributed by atoms with Gasteiger partial charge < -0.3 is 24.4 Å². The molecule has 0 amide bonds. The Labute approximate surface area is 286 Å². The van der Waals surface area contributed by atoms with Crippen LogP contribution >= 0.6 is 11.8 Å². The summed E-state index contributed by atoms with van der Waals surface area (Å²) < 4.78 is 42.6. The van der Waals surface area contributed by atoms with E-state index in [1.165, 1.54) is 29.3 Å². The molecule has 0 saturated carbocycles. The molecule has 0 radical (unpaired) electrons. The molecule has 10 heteroatoms. The number of hydrogen-bond donors (Lipinski definition) is 2. The lowest BCUT2D eigenvalue weighted by Gasteiger charge is -2.23. The Balaban J connectivity index is 0.000000405. The summed E-state index contributed by atoms with van der Waals surface area (Å²) >= 11 is 1.93. The van der Waals surface area contributed by atoms with E-state index in [9.17, 15) is 13.6 Å². The summed E-state index contributed by atoms with van der Waals surface area (Å²) in [4.78, 5) is 13.0. The van der Waals surface area contributed by atoms with Gasteiger partial charge in [0.25, 0.3) is 0 Å². The predicted molar refractivity (Wildman–Crippen MR) is 192 cm³/mol. The van der Waals surface area contributed by atoms with E-state index in [0.717, 1.165) is 48.7 Å². The maximum Gasteiger partial charge on any atom is 0.167 e. The van der Waals surface area contributed by atoms with E-state index in [1.807, 2.05) is 37.0 Å². The molecular formula is C38H47F2N3O4S. The number of rotatable bonds is 14. The molecule has 3 aromatic carbocycles. The van der Waals surface area contributed by atoms with Crippen molar-refractivity contribution in [1.29, 1.82) is 0 Å². The van der Waals surface area contributed by atoms with Crippen LogP contribution in [0, 0.1) is 30.9 Å². The highest BCUT2D eigenvalue weighted by atomic mass is 32.2. The van der Waals surface area contributed by atoms with Crippen LogP contribution in [0.1, 0.15) is 50.3 Å². The minimum absolute atomic E-state index is 0.0569. The molecule has 0 fully saturated rings. The minimum atomic E-state index is -0.501. The van der Waals surface area contributed by atoms with E-state index in [1.54, 1.807) is 23.0 Å². The molecule has 0 unspecified atom stereocenters. The van der Waals surface area contributed by atoms with E-state index >= 15 is 0 Å². The average Bonchev–Trinajstić information content (AvgIpc) is 3.67. The fraction of sp³-hybridized carbons (Fsp3) is 0.368. The van der Waals surface area contributed by atoms with Crippen LogP contribution in [-0.4, -0.2) is 51.4 Å². The third-order valence-corrected chi connectivity index (χ3v) is 8.84. The number of aliphatic hydroxyl groups excluding tert-OH is 1. The first-order valence-electron chi connectivity index (χ1n) is 16.0. The SMILES string of the molecule is CCCSCC(C)(C)COCn1cc(C)c(-c2cc(Oc3cc4cc[nH]c4cc3F)ccc2F)n1.CO.Cc1cccc(CCC=O)c1. The second-order valence-electron chi connectivity index (χ2n) is 12.2. The number of nitrogens with one attached hydrogen (secondary N) is 1. The van der Waals surface area contributed by atoms with Gasteiger partial charge >= 0.3 is 0 Å². The number of ether oxygens (including phenoxy) is 2. The highest BCUT2D eigenvalue weighted by Crippen LogP contribution is 2.33. The molecule has 2 heterocycles. The normalized spacial score (nSPS) is 11.0. The van der Waals surface area contributed by atoms with Crippen molar-refractivity contribution in [3.8, 4) is 22.8 Å². The predicted octanol–water partition coefficient (Wildman–Crippen LogP) is 9.29. The van der Waals surface area contributed by atoms with Crippen LogP contribution in [0.25, 0.3) is 22.2 Å². The monoisotopic (exact) mass is 679 g/mol. The van der Waals surface area contributed by atoms with Crippen molar-refractivity contribution >= 4 is 29.0 Å². The summed E-state index contributed by atoms with van der Waals surface area (Å²) in [7, 11) is 1.00. The molecule has 0 aliphatic rings. The summed E-state index contributed by atoms with van der Waals surface area (Å²) in [6, 6.07) is 17.4. The average molecular weight is 680 g/mol. The zero-order valence-electron chi connectivity index (χ0n) is 28.7. The molecule has 7 nitrogen and oxygen atoms in total. The number of aldehydes is 1. The molecule has 258 valence electrons. The number of carbonyl (C=O) groups excluding carboxylic acids is 1. The van der Waals surface area contributed by atoms with Crippen LogP contribution < -0.4 is 4.74 Å². The van der Waals surface area contributed by atoms with Crippen LogP contribution in [0.3, 0.4) is 0 Å². The number of H-pyrrole nitrogens is 1. The first-order valence-corrected chi connectivity index (χ1v) is 17.1. The van der Waals surface area contributed by atoms with Gasteiger partial charge in [-0.15, -0.1) is 0 Å². The zero-order chi connectivity index (χ0) is 35.1. The maximum absolute atomic E-state index is 14.8. The van der Waals surface area contributed by atoms with Crippen molar-refractivity contribution in [3.63, 3.8) is 0 Å². The van der Waals surface area contributed by atoms with Gasteiger partial charge in [-0.3, -0.25) is 0 Å². The lowest BCUT2D eigenvalue weighted by atomic mass is 9.98. The number of aromatic amines is 1. The summed E-state index contributed by atoms with van der Waals surface area (Å²) in [6.07, 6.45) is 7.19. The van der Waals surface area contributed by atoms with Crippen molar-refractivity contribution in [2.75, 3.05) is 25.2 Å². The fourth-order valence-corrected chi connectivity index (χ4v) is 5.97. The molecule has 5 rings (SSSR count). The highest BCUT2D eigenvalue weighted by molar-refractivity contribution is 7.99. The first-order chi connectivity index (χ1) is 23.1. The van der Waals surface area contributed by atoms with E-state index in [0.29, 0.717) is 30.0 Å². The number of aliphatic hydroxyl groups is 1. The molecule has 2 aromatic heterocycles. The van der Waals surface area contributed by atoms with Crippen molar-refractivity contribution < 1.29 is 28.2 Å². The minimum Gasteiger partial charge on any atom is -0.454 e. The lowest BCUT2D eigenvalue weighted by Crippen LogP contribution is -2.23. The van der Waals surface area contributed by atoms with Gasteiger partial charge in [0.1, 0.15) is 24.6 Å². The number of benzene rings is 3. The molecule has 0 spiro atoms. The Morgan fingerprint density at radius 3 is 2.56 bits per heavy atom. The molecule has 2 N–H and O–H groups in total. The standard InChI is InChI=1S/C27H31F2N3O2S.C10H12O.CH4O/c1-5-10-35-16-27(3,4)15-33-17-32-14-18(2)26(31-32)21-12-20(6-7-22(21)28)34-25-11-19-8-9-30-24(19)13-23(25)29;1-9-4-2-5-10(8-9)6-3-7-11;1-2/h6-9,11-14,30H,5,10,15-17H2,1-4H3;2,4-5,7-8H,3,6H2,1H3;2H,1H3. The number of fused-ring (bicyclic) bond motifs is 1. The number of thioether (sulfide) groups is 1. The molecule has 0 bridgehead atoms. The van der Waals surface area contributed by atoms with Crippen molar-refractivity contribution in [3.05, 3.63) is 101 Å². The van der Waals surface area contributed by atoms with E-state index in [4.69, 9.17) is 14.6 Å². The number of hydrogen-bond acceptors (Lipinski definition) is 6. The topological polar surface area (TPSA) is 89.4 Å². The Bertz CT molecular complexity index is 1730. The van der Waals surface area contributed by atoms with Gasteiger partial charge in [0.15, 0.2) is 11.6 Å². The van der Waals surface area contributed by atoms with Crippen molar-refractivity contribution in [2.24, 2.45) is 5.41 Å². The maximum atomic E-state index is 14.8. The Kier molecular flexibility index (Phi) is 15.3. The third kappa shape index (κ3) is 11.6. The molecule has 5 aromatic rings. The van der Waals surface area contributed by atoms with Gasteiger partial charge in [-0.2, -0.15) is 16.9 Å². The van der Waals surface area contributed by atoms with E-state index < -0.39 is 11.6 Å². The summed E-state index contributed by atoms with van der Waals surface area (Å²) in [6.45, 7) is 11.4. The van der Waals surface area contributed by atoms with Gasteiger partial charge in [0.2, 0.25) is 0 Å². The quantitative estimate of drug-likeness (QED) is 0.0899. The first kappa shape index (κ1) is 38.5. The van der Waals surface area contributed by atoms with Crippen LogP contribution in [0.2, 0.25) is 0 Å². The van der Waals surface area contributed by atoms with Crippen LogP contribution in [0.15, 0.2) is 73.1 Å². The van der Waals surface area contributed by atoms with Crippen molar-refractivity contribution in [2.45, 2.75) is 60.6 Å². The molecular weight excluding hydrogens is 632 g/mol. The number of aromatic nitrogens is 3. The Hall–Kier alpha value is -3.99. The van der Waals surface area contributed by atoms with Gasteiger partial charge in [-0.05, 0) is 79.3 Å². The van der Waals surface area contributed by atoms with Gasteiger partial charge in [0.05, 0.1) is 12.3 Å². The van der Waals surface area contributed by atoms with Crippen LogP contribution in [0.4, 0.5) is 8.78 Å². The molecule has 48 heavy (non-hydrogen) atoms. The van der Waals surface area contributed by atoms with Gasteiger partial charge in [0, 0.05) is 54.2 Å². The highest BCUT2D eigenvalue weighted by Gasteiger charge is 2.19. The molecule has 0 atom stereocenters. The third-order valence-electron chi connectivity index (χ3n) is 7.16. The largest absolute Gasteiger partial charge is 0.454 e. The summed E-state index contributed by atoms with van der Waals surface area (Å²) in [5, 5.41) is 12.4. The van der Waals surface area contributed by atoms with Gasteiger partial charge in [-0.25, -0.2) is 13.5 Å². The number of nitrogens with zero attached hydrogens (tertiary/aromatic N) is 2. The Morgan fingerprint density at radius 1 is 1.04 bits per heavy atom. The number of halogens is 2. The number of carbonyl (C=O) groups is 1. The Morgan fingerprint density at radius 2 is 1.83 bits per heavy atom. The van der Waals surface area contributed by atoms with E-state index in [-0.39, 0.29) is 23.5 Å². The fourth-order valence-electron chi connectivity index (χ4n) is 4.90. The van der Waals surface area contributed by atoms with Crippen molar-refractivity contribution in [1.82, 2.24) is 14.8 Å². The summed E-state index contributed by atoms with van der Waals surface area (Å²) in [5.41, 5.74) is 4.84. The van der Waals surface area contributed by atoms with E-state index in [2.05, 4.69) is 56.0 Å². The molecule has 0 saturated heterocycles. The second kappa shape index (κ2) is 19.1. The van der Waals surface area contributed by atoms with Crippen LogP contribution in [0.5, 0.6) is 11.5 Å². The smallest absolute Gasteiger partial charge is 0.167 e. The summed E-state index contributed by atoms with van der Waals surface area (Å²) in [5.74, 6) is 1.64. The van der Waals surface area contributed by atoms with Crippen LogP contribution in [-0.2, 0) is 22.7 Å². The molecule has 0 aliphatic heterocycles. The number of aryl methyl sites for hydroxylation is 3. The van der Waals surface area contributed by atoms with Gasteiger partial charge in [-0.1, -0.05) is 50.6 Å². The zero-order valence-corrected chi connectivity index (χ0v) is 29.5. The molecule has 0 aliphatic carbocycles.